The summed E-state index contributed by atoms with van der Waals surface area (Å²) in [7, 11) is 0. The number of ketones is 1. The first-order valence-corrected chi connectivity index (χ1v) is 4.50. The molecule has 0 atom stereocenters. The van der Waals surface area contributed by atoms with Crippen molar-refractivity contribution in [3.63, 3.8) is 0 Å². The van der Waals surface area contributed by atoms with Crippen LogP contribution in [0.5, 0.6) is 0 Å². The highest BCUT2D eigenvalue weighted by Gasteiger charge is 2.09. The lowest BCUT2D eigenvalue weighted by molar-refractivity contribution is -0.114. The van der Waals surface area contributed by atoms with Gasteiger partial charge in [0.2, 0.25) is 0 Å². The Morgan fingerprint density at radius 2 is 2.33 bits per heavy atom. The van der Waals surface area contributed by atoms with Crippen LogP contribution in [-0.4, -0.2) is 5.78 Å². The normalized spacial score (nSPS) is 17.4. The Kier molecular flexibility index (Phi) is 3.60. The smallest absolute Gasteiger partial charge is 0.170 e. The number of carbonyl (C=O) groups excluding carboxylic acids is 1. The number of hydrogen-bond acceptors (Lipinski definition) is 1. The van der Waals surface area contributed by atoms with Gasteiger partial charge in [-0.2, -0.15) is 0 Å². The van der Waals surface area contributed by atoms with E-state index in [1.54, 1.807) is 0 Å². The van der Waals surface area contributed by atoms with Crippen LogP contribution >= 0.6 is 0 Å². The van der Waals surface area contributed by atoms with Crippen LogP contribution in [-0.2, 0) is 4.79 Å². The van der Waals surface area contributed by atoms with Crippen LogP contribution in [0.4, 0.5) is 0 Å². The van der Waals surface area contributed by atoms with Crippen LogP contribution < -0.4 is 0 Å². The SMILES string of the molecule is C#CCC(=O)C1=CCCCCC1. The van der Waals surface area contributed by atoms with E-state index in [1.807, 2.05) is 0 Å². The van der Waals surface area contributed by atoms with Crippen molar-refractivity contribution in [2.45, 2.75) is 38.5 Å². The molecule has 12 heavy (non-hydrogen) atoms. The third-order valence-corrected chi connectivity index (χ3v) is 2.16. The summed E-state index contributed by atoms with van der Waals surface area (Å²) in [5.41, 5.74) is 0.963. The first-order valence-electron chi connectivity index (χ1n) is 4.50. The van der Waals surface area contributed by atoms with Gasteiger partial charge in [-0.1, -0.05) is 18.4 Å². The Morgan fingerprint density at radius 3 is 3.08 bits per heavy atom. The summed E-state index contributed by atoms with van der Waals surface area (Å²) in [6.07, 6.45) is 13.0. The first-order chi connectivity index (χ1) is 5.84. The lowest BCUT2D eigenvalue weighted by Gasteiger charge is -1.99. The highest BCUT2D eigenvalue weighted by Crippen LogP contribution is 2.18. The van der Waals surface area contributed by atoms with E-state index < -0.39 is 0 Å². The molecule has 0 aromatic rings. The number of allylic oxidation sites excluding steroid dienone is 2. The van der Waals surface area contributed by atoms with Gasteiger partial charge < -0.3 is 0 Å². The molecule has 1 aliphatic rings. The van der Waals surface area contributed by atoms with Crippen molar-refractivity contribution in [1.29, 1.82) is 0 Å². The summed E-state index contributed by atoms with van der Waals surface area (Å²) in [6, 6.07) is 0. The number of rotatable bonds is 2. The van der Waals surface area contributed by atoms with Gasteiger partial charge in [-0.25, -0.2) is 0 Å². The molecule has 0 aliphatic heterocycles. The predicted octanol–water partition coefficient (Wildman–Crippen LogP) is 2.47. The molecule has 0 unspecified atom stereocenters. The molecule has 0 fully saturated rings. The van der Waals surface area contributed by atoms with Crippen molar-refractivity contribution in [2.24, 2.45) is 0 Å². The third kappa shape index (κ3) is 2.54. The quantitative estimate of drug-likeness (QED) is 0.570. The molecular formula is C11H14O. The van der Waals surface area contributed by atoms with Gasteiger partial charge in [-0.05, 0) is 31.3 Å². The van der Waals surface area contributed by atoms with Gasteiger partial charge in [0, 0.05) is 0 Å². The van der Waals surface area contributed by atoms with E-state index >= 15 is 0 Å². The summed E-state index contributed by atoms with van der Waals surface area (Å²) in [5.74, 6) is 2.55. The largest absolute Gasteiger partial charge is 0.293 e. The van der Waals surface area contributed by atoms with Crippen molar-refractivity contribution >= 4 is 5.78 Å². The maximum absolute atomic E-state index is 11.3. The Bertz CT molecular complexity index is 230. The second-order valence-electron chi connectivity index (χ2n) is 3.13. The van der Waals surface area contributed by atoms with E-state index in [1.165, 1.54) is 12.8 Å². The minimum Gasteiger partial charge on any atom is -0.293 e. The average molecular weight is 162 g/mol. The summed E-state index contributed by atoms with van der Waals surface area (Å²) in [6.45, 7) is 0. The van der Waals surface area contributed by atoms with Crippen molar-refractivity contribution in [3.8, 4) is 12.3 Å². The molecule has 1 rings (SSSR count). The minimum absolute atomic E-state index is 0.152. The maximum atomic E-state index is 11.3. The predicted molar refractivity (Wildman–Crippen MR) is 49.6 cm³/mol. The molecule has 0 amide bonds. The molecule has 0 heterocycles. The number of terminal acetylenes is 1. The lowest BCUT2D eigenvalue weighted by Crippen LogP contribution is -2.00. The van der Waals surface area contributed by atoms with E-state index in [0.717, 1.165) is 24.8 Å². The summed E-state index contributed by atoms with van der Waals surface area (Å²) >= 11 is 0. The van der Waals surface area contributed by atoms with Crippen molar-refractivity contribution in [3.05, 3.63) is 11.6 Å². The third-order valence-electron chi connectivity index (χ3n) is 2.16. The molecule has 0 aromatic heterocycles. The second kappa shape index (κ2) is 4.77. The average Bonchev–Trinajstić information content (AvgIpc) is 2.32. The Labute approximate surface area is 73.9 Å². The Hall–Kier alpha value is -1.03. The van der Waals surface area contributed by atoms with Crippen molar-refractivity contribution in [1.82, 2.24) is 0 Å². The highest BCUT2D eigenvalue weighted by atomic mass is 16.1. The molecule has 0 saturated heterocycles. The van der Waals surface area contributed by atoms with E-state index in [9.17, 15) is 4.79 Å². The fourth-order valence-corrected chi connectivity index (χ4v) is 1.47. The van der Waals surface area contributed by atoms with Crippen LogP contribution in [0, 0.1) is 12.3 Å². The van der Waals surface area contributed by atoms with Gasteiger partial charge in [0.05, 0.1) is 6.42 Å². The highest BCUT2D eigenvalue weighted by molar-refractivity contribution is 5.96. The zero-order valence-corrected chi connectivity index (χ0v) is 7.31. The lowest BCUT2D eigenvalue weighted by atomic mass is 10.0. The van der Waals surface area contributed by atoms with E-state index in [2.05, 4.69) is 12.0 Å². The molecule has 1 heteroatoms. The molecule has 0 radical (unpaired) electrons. The van der Waals surface area contributed by atoms with Gasteiger partial charge in [0.1, 0.15) is 0 Å². The minimum atomic E-state index is 0.152. The Balaban J connectivity index is 2.54. The van der Waals surface area contributed by atoms with Crippen molar-refractivity contribution < 1.29 is 4.79 Å². The first kappa shape index (κ1) is 9.06. The molecule has 64 valence electrons. The summed E-state index contributed by atoms with van der Waals surface area (Å²) in [5, 5.41) is 0. The number of Topliss-reactive ketones (excluding diaryl/α,β-unsaturated/α-hetero) is 1. The fourth-order valence-electron chi connectivity index (χ4n) is 1.47. The molecule has 0 bridgehead atoms. The second-order valence-corrected chi connectivity index (χ2v) is 3.13. The molecule has 1 nitrogen and oxygen atoms in total. The van der Waals surface area contributed by atoms with Gasteiger partial charge in [0.15, 0.2) is 5.78 Å². The maximum Gasteiger partial charge on any atom is 0.170 e. The number of carbonyl (C=O) groups is 1. The van der Waals surface area contributed by atoms with Gasteiger partial charge in [-0.3, -0.25) is 4.79 Å². The van der Waals surface area contributed by atoms with Gasteiger partial charge in [-0.15, -0.1) is 6.42 Å². The van der Waals surface area contributed by atoms with Crippen LogP contribution in [0.2, 0.25) is 0 Å². The molecule has 0 N–H and O–H groups in total. The van der Waals surface area contributed by atoms with E-state index in [4.69, 9.17) is 6.42 Å². The topological polar surface area (TPSA) is 17.1 Å². The van der Waals surface area contributed by atoms with Crippen LogP contribution in [0.25, 0.3) is 0 Å². The van der Waals surface area contributed by atoms with Gasteiger partial charge in [0.25, 0.3) is 0 Å². The molecule has 0 saturated carbocycles. The monoisotopic (exact) mass is 162 g/mol. The van der Waals surface area contributed by atoms with Crippen LogP contribution in [0.3, 0.4) is 0 Å². The molecule has 1 aliphatic carbocycles. The number of hydrogen-bond donors (Lipinski definition) is 0. The fraction of sp³-hybridized carbons (Fsp3) is 0.545. The van der Waals surface area contributed by atoms with Gasteiger partial charge >= 0.3 is 0 Å². The summed E-state index contributed by atoms with van der Waals surface area (Å²) < 4.78 is 0. The van der Waals surface area contributed by atoms with E-state index in [0.29, 0.717) is 0 Å². The van der Waals surface area contributed by atoms with E-state index in [-0.39, 0.29) is 12.2 Å². The standard InChI is InChI=1S/C11H14O/c1-2-7-11(12)10-8-5-3-4-6-9-10/h1,8H,3-7,9H2. The summed E-state index contributed by atoms with van der Waals surface area (Å²) in [4.78, 5) is 11.3. The zero-order chi connectivity index (χ0) is 8.81. The van der Waals surface area contributed by atoms with Crippen LogP contribution in [0.1, 0.15) is 38.5 Å². The molecule has 0 spiro atoms. The van der Waals surface area contributed by atoms with Crippen LogP contribution in [0.15, 0.2) is 11.6 Å². The van der Waals surface area contributed by atoms with Crippen molar-refractivity contribution in [2.75, 3.05) is 0 Å². The zero-order valence-electron chi connectivity index (χ0n) is 7.31. The molecule has 0 aromatic carbocycles. The Morgan fingerprint density at radius 1 is 1.50 bits per heavy atom. The molecular weight excluding hydrogens is 148 g/mol.